The summed E-state index contributed by atoms with van der Waals surface area (Å²) in [5.74, 6) is -0.0691. The highest BCUT2D eigenvalue weighted by Gasteiger charge is 2.24. The first-order chi connectivity index (χ1) is 14.4. The van der Waals surface area contributed by atoms with Crippen molar-refractivity contribution >= 4 is 23.5 Å². The molecule has 7 nitrogen and oxygen atoms in total. The van der Waals surface area contributed by atoms with Gasteiger partial charge >= 0.3 is 6.03 Å². The number of halogens is 1. The van der Waals surface area contributed by atoms with Gasteiger partial charge in [-0.3, -0.25) is 9.59 Å². The molecule has 1 atom stereocenters. The van der Waals surface area contributed by atoms with Gasteiger partial charge in [-0.2, -0.15) is 0 Å². The van der Waals surface area contributed by atoms with Gasteiger partial charge in [-0.15, -0.1) is 0 Å². The molecular formula is C22H33FN4O3. The highest BCUT2D eigenvalue weighted by atomic mass is 19.1. The van der Waals surface area contributed by atoms with E-state index in [9.17, 15) is 18.8 Å². The van der Waals surface area contributed by atoms with Crippen LogP contribution in [0.3, 0.4) is 0 Å². The van der Waals surface area contributed by atoms with Crippen molar-refractivity contribution in [3.8, 4) is 0 Å². The summed E-state index contributed by atoms with van der Waals surface area (Å²) in [5.41, 5.74) is 0.396. The van der Waals surface area contributed by atoms with Gasteiger partial charge in [0, 0.05) is 51.3 Å². The summed E-state index contributed by atoms with van der Waals surface area (Å²) in [6.45, 7) is 7.05. The van der Waals surface area contributed by atoms with Gasteiger partial charge in [0.2, 0.25) is 11.8 Å². The van der Waals surface area contributed by atoms with Crippen LogP contribution in [0.1, 0.15) is 46.0 Å². The third-order valence-electron chi connectivity index (χ3n) is 5.40. The molecule has 0 aromatic heterocycles. The number of urea groups is 1. The summed E-state index contributed by atoms with van der Waals surface area (Å²) >= 11 is 0. The maximum Gasteiger partial charge on any atom is 0.319 e. The fourth-order valence-corrected chi connectivity index (χ4v) is 3.72. The number of carbonyl (C=O) groups is 3. The van der Waals surface area contributed by atoms with Gasteiger partial charge < -0.3 is 20.4 Å². The van der Waals surface area contributed by atoms with E-state index in [1.807, 2.05) is 18.7 Å². The van der Waals surface area contributed by atoms with Crippen LogP contribution in [0, 0.1) is 11.7 Å². The maximum atomic E-state index is 13.2. The number of hydrogen-bond donors (Lipinski definition) is 2. The topological polar surface area (TPSA) is 81.8 Å². The minimum absolute atomic E-state index is 0.0660. The van der Waals surface area contributed by atoms with Crippen LogP contribution in [-0.4, -0.2) is 60.4 Å². The molecule has 2 N–H and O–H groups in total. The third kappa shape index (κ3) is 7.65. The molecule has 1 unspecified atom stereocenters. The average Bonchev–Trinajstić information content (AvgIpc) is 2.73. The lowest BCUT2D eigenvalue weighted by Crippen LogP contribution is -2.44. The molecule has 1 saturated heterocycles. The van der Waals surface area contributed by atoms with Gasteiger partial charge in [-0.1, -0.05) is 6.07 Å². The largest absolute Gasteiger partial charge is 0.343 e. The number of rotatable bonds is 9. The molecule has 166 valence electrons. The molecule has 1 aliphatic heterocycles. The Labute approximate surface area is 178 Å². The Balaban J connectivity index is 1.70. The van der Waals surface area contributed by atoms with E-state index in [0.29, 0.717) is 51.1 Å². The Kier molecular flexibility index (Phi) is 9.57. The quantitative estimate of drug-likeness (QED) is 0.644. The second kappa shape index (κ2) is 12.1. The Morgan fingerprint density at radius 2 is 1.97 bits per heavy atom. The first-order valence-corrected chi connectivity index (χ1v) is 10.8. The van der Waals surface area contributed by atoms with Gasteiger partial charge in [-0.05, 0) is 57.2 Å². The molecule has 1 heterocycles. The van der Waals surface area contributed by atoms with Crippen LogP contribution >= 0.6 is 0 Å². The van der Waals surface area contributed by atoms with E-state index in [-0.39, 0.29) is 23.8 Å². The minimum Gasteiger partial charge on any atom is -0.343 e. The molecular weight excluding hydrogens is 387 g/mol. The Morgan fingerprint density at radius 3 is 2.67 bits per heavy atom. The van der Waals surface area contributed by atoms with Crippen molar-refractivity contribution in [3.05, 3.63) is 30.1 Å². The predicted molar refractivity (Wildman–Crippen MR) is 115 cm³/mol. The number of benzene rings is 1. The summed E-state index contributed by atoms with van der Waals surface area (Å²) in [6.07, 6.45) is 3.15. The molecule has 4 amide bonds. The van der Waals surface area contributed by atoms with Crippen molar-refractivity contribution < 1.29 is 18.8 Å². The number of likely N-dealkylation sites (tertiary alicyclic amines) is 1. The van der Waals surface area contributed by atoms with E-state index < -0.39 is 5.82 Å². The number of carbonyl (C=O) groups excluding carboxylic acids is 3. The lowest BCUT2D eigenvalue weighted by Gasteiger charge is -2.33. The lowest BCUT2D eigenvalue weighted by molar-refractivity contribution is -0.133. The van der Waals surface area contributed by atoms with E-state index in [0.717, 1.165) is 19.4 Å². The van der Waals surface area contributed by atoms with Crippen LogP contribution in [0.25, 0.3) is 0 Å². The maximum absolute atomic E-state index is 13.2. The third-order valence-corrected chi connectivity index (χ3v) is 5.40. The molecule has 0 spiro atoms. The molecule has 0 bridgehead atoms. The van der Waals surface area contributed by atoms with Crippen LogP contribution < -0.4 is 10.6 Å². The standard InChI is InChI=1S/C22H33FN4O3/c1-3-26(4-2)20(28)11-6-12-21(29)27-13-7-8-17(16-27)15-24-22(30)25-19-10-5-9-18(23)14-19/h5,9-10,14,17H,3-4,6-8,11-13,15-16H2,1-2H3,(H2,24,25,30). The smallest absolute Gasteiger partial charge is 0.319 e. The molecule has 0 radical (unpaired) electrons. The summed E-state index contributed by atoms with van der Waals surface area (Å²) in [7, 11) is 0. The molecule has 1 fully saturated rings. The average molecular weight is 421 g/mol. The summed E-state index contributed by atoms with van der Waals surface area (Å²) < 4.78 is 13.2. The molecule has 1 aliphatic rings. The van der Waals surface area contributed by atoms with Gasteiger partial charge in [0.05, 0.1) is 0 Å². The number of hydrogen-bond acceptors (Lipinski definition) is 3. The van der Waals surface area contributed by atoms with Crippen LogP contribution in [0.4, 0.5) is 14.9 Å². The van der Waals surface area contributed by atoms with E-state index in [1.165, 1.54) is 18.2 Å². The van der Waals surface area contributed by atoms with Crippen molar-refractivity contribution in [1.29, 1.82) is 0 Å². The number of nitrogens with one attached hydrogen (secondary N) is 2. The zero-order valence-corrected chi connectivity index (χ0v) is 18.0. The van der Waals surface area contributed by atoms with Gasteiger partial charge in [0.1, 0.15) is 5.82 Å². The Bertz CT molecular complexity index is 724. The predicted octanol–water partition coefficient (Wildman–Crippen LogP) is 3.22. The Hall–Kier alpha value is -2.64. The zero-order chi connectivity index (χ0) is 21.9. The van der Waals surface area contributed by atoms with Crippen LogP contribution in [0.2, 0.25) is 0 Å². The van der Waals surface area contributed by atoms with Crippen LogP contribution in [0.15, 0.2) is 24.3 Å². The zero-order valence-electron chi connectivity index (χ0n) is 18.0. The highest BCUT2D eigenvalue weighted by molar-refractivity contribution is 5.89. The number of anilines is 1. The second-order valence-corrected chi connectivity index (χ2v) is 7.61. The Morgan fingerprint density at radius 1 is 1.20 bits per heavy atom. The number of nitrogens with zero attached hydrogens (tertiary/aromatic N) is 2. The lowest BCUT2D eigenvalue weighted by atomic mass is 9.97. The molecule has 0 aliphatic carbocycles. The van der Waals surface area contributed by atoms with Crippen molar-refractivity contribution in [2.75, 3.05) is 38.0 Å². The van der Waals surface area contributed by atoms with E-state index in [4.69, 9.17) is 0 Å². The molecule has 2 rings (SSSR count). The molecule has 0 saturated carbocycles. The summed E-state index contributed by atoms with van der Waals surface area (Å²) in [6, 6.07) is 5.33. The fourth-order valence-electron chi connectivity index (χ4n) is 3.72. The summed E-state index contributed by atoms with van der Waals surface area (Å²) in [4.78, 5) is 40.2. The van der Waals surface area contributed by atoms with Crippen molar-refractivity contribution in [3.63, 3.8) is 0 Å². The highest BCUT2D eigenvalue weighted by Crippen LogP contribution is 2.17. The van der Waals surface area contributed by atoms with Crippen molar-refractivity contribution in [2.24, 2.45) is 5.92 Å². The fraction of sp³-hybridized carbons (Fsp3) is 0.591. The van der Waals surface area contributed by atoms with E-state index in [2.05, 4.69) is 10.6 Å². The summed E-state index contributed by atoms with van der Waals surface area (Å²) in [5, 5.41) is 5.41. The normalized spacial score (nSPS) is 16.1. The van der Waals surface area contributed by atoms with Crippen LogP contribution in [0.5, 0.6) is 0 Å². The number of piperidine rings is 1. The monoisotopic (exact) mass is 420 g/mol. The molecule has 1 aromatic carbocycles. The van der Waals surface area contributed by atoms with E-state index >= 15 is 0 Å². The second-order valence-electron chi connectivity index (χ2n) is 7.61. The first-order valence-electron chi connectivity index (χ1n) is 10.8. The molecule has 30 heavy (non-hydrogen) atoms. The van der Waals surface area contributed by atoms with Gasteiger partial charge in [-0.25, -0.2) is 9.18 Å². The first kappa shape index (κ1) is 23.6. The van der Waals surface area contributed by atoms with Crippen LogP contribution in [-0.2, 0) is 9.59 Å². The van der Waals surface area contributed by atoms with Gasteiger partial charge in [0.15, 0.2) is 0 Å². The van der Waals surface area contributed by atoms with E-state index in [1.54, 1.807) is 11.0 Å². The van der Waals surface area contributed by atoms with Crippen molar-refractivity contribution in [2.45, 2.75) is 46.0 Å². The van der Waals surface area contributed by atoms with Gasteiger partial charge in [0.25, 0.3) is 0 Å². The SMILES string of the molecule is CCN(CC)C(=O)CCCC(=O)N1CCCC(CNC(=O)Nc2cccc(F)c2)C1. The van der Waals surface area contributed by atoms with Crippen molar-refractivity contribution in [1.82, 2.24) is 15.1 Å². The molecule has 1 aromatic rings. The molecule has 8 heteroatoms. The number of amides is 4. The minimum atomic E-state index is -0.409.